The number of aryl methyl sites for hydroxylation is 3. The maximum Gasteiger partial charge on any atom is 0.324 e. The van der Waals surface area contributed by atoms with Crippen molar-refractivity contribution in [3.63, 3.8) is 0 Å². The molecule has 3 rings (SSSR count). The zero-order valence-electron chi connectivity index (χ0n) is 15.0. The van der Waals surface area contributed by atoms with Crippen LogP contribution in [0.4, 0.5) is 4.79 Å². The Bertz CT molecular complexity index is 827. The van der Waals surface area contributed by atoms with E-state index in [0.717, 1.165) is 17.7 Å². The fourth-order valence-electron chi connectivity index (χ4n) is 3.16. The maximum atomic E-state index is 12.5. The number of imide groups is 1. The van der Waals surface area contributed by atoms with Crippen LogP contribution in [-0.4, -0.2) is 44.2 Å². The lowest BCUT2D eigenvalue weighted by Gasteiger charge is -2.13. The first kappa shape index (κ1) is 17.1. The molecule has 0 aliphatic carbocycles. The first-order valence-electron chi connectivity index (χ1n) is 8.52. The fourth-order valence-corrected chi connectivity index (χ4v) is 3.16. The van der Waals surface area contributed by atoms with Crippen LogP contribution in [-0.2, 0) is 11.2 Å². The Morgan fingerprint density at radius 1 is 1.20 bits per heavy atom. The molecule has 0 saturated carbocycles. The van der Waals surface area contributed by atoms with Crippen molar-refractivity contribution in [2.75, 3.05) is 6.54 Å². The summed E-state index contributed by atoms with van der Waals surface area (Å²) < 4.78 is 1.77. The number of nitrogens with zero attached hydrogens (tertiary/aromatic N) is 4. The number of hydrogen-bond acceptors (Lipinski definition) is 4. The van der Waals surface area contributed by atoms with Gasteiger partial charge in [-0.15, -0.1) is 0 Å². The van der Waals surface area contributed by atoms with Gasteiger partial charge in [0.05, 0.1) is 5.69 Å². The molecule has 25 heavy (non-hydrogen) atoms. The summed E-state index contributed by atoms with van der Waals surface area (Å²) in [6.07, 6.45) is 1.06. The van der Waals surface area contributed by atoms with Crippen molar-refractivity contribution in [1.29, 1.82) is 0 Å². The average molecular weight is 341 g/mol. The van der Waals surface area contributed by atoms with E-state index in [1.165, 1.54) is 10.5 Å². The third-order valence-electron chi connectivity index (χ3n) is 4.30. The predicted molar refractivity (Wildman–Crippen MR) is 93.6 cm³/mol. The molecule has 0 radical (unpaired) electrons. The second-order valence-corrected chi connectivity index (χ2v) is 6.47. The number of hydrogen-bond donors (Lipinski definition) is 1. The molecule has 1 saturated heterocycles. The van der Waals surface area contributed by atoms with E-state index in [9.17, 15) is 9.59 Å². The van der Waals surface area contributed by atoms with Crippen molar-refractivity contribution in [1.82, 2.24) is 25.0 Å². The Hall–Kier alpha value is -2.70. The first-order chi connectivity index (χ1) is 11.9. The van der Waals surface area contributed by atoms with E-state index < -0.39 is 6.04 Å². The summed E-state index contributed by atoms with van der Waals surface area (Å²) >= 11 is 0. The van der Waals surface area contributed by atoms with E-state index >= 15 is 0 Å². The number of amides is 3. The molecular formula is C18H23N5O2. The lowest BCUT2D eigenvalue weighted by Crippen LogP contribution is -2.33. The zero-order valence-corrected chi connectivity index (χ0v) is 15.0. The highest BCUT2D eigenvalue weighted by molar-refractivity contribution is 6.04. The van der Waals surface area contributed by atoms with E-state index in [1.807, 2.05) is 39.8 Å². The number of rotatable bonds is 5. The van der Waals surface area contributed by atoms with Crippen LogP contribution in [0.5, 0.6) is 0 Å². The van der Waals surface area contributed by atoms with Gasteiger partial charge in [-0.2, -0.15) is 5.10 Å². The molecular weight excluding hydrogens is 318 g/mol. The molecule has 7 nitrogen and oxygen atoms in total. The van der Waals surface area contributed by atoms with Crippen LogP contribution >= 0.6 is 0 Å². The quantitative estimate of drug-likeness (QED) is 0.844. The third-order valence-corrected chi connectivity index (χ3v) is 4.30. The smallest absolute Gasteiger partial charge is 0.324 e. The normalized spacial score (nSPS) is 17.3. The van der Waals surface area contributed by atoms with Crippen LogP contribution in [0.25, 0.3) is 5.69 Å². The maximum absolute atomic E-state index is 12.5. The molecule has 1 aliphatic heterocycles. The number of urea groups is 1. The van der Waals surface area contributed by atoms with Crippen LogP contribution in [0.15, 0.2) is 18.2 Å². The topological polar surface area (TPSA) is 80.1 Å². The molecule has 2 heterocycles. The van der Waals surface area contributed by atoms with Gasteiger partial charge in [-0.3, -0.25) is 9.69 Å². The largest absolute Gasteiger partial charge is 0.325 e. The Kier molecular flexibility index (Phi) is 4.57. The van der Waals surface area contributed by atoms with Gasteiger partial charge in [0, 0.05) is 13.0 Å². The molecule has 0 spiro atoms. The number of benzene rings is 1. The summed E-state index contributed by atoms with van der Waals surface area (Å²) in [6.45, 7) is 8.26. The molecule has 132 valence electrons. The number of carbonyl (C=O) groups excluding carboxylic acids is 2. The van der Waals surface area contributed by atoms with E-state index in [4.69, 9.17) is 0 Å². The van der Waals surface area contributed by atoms with Gasteiger partial charge in [-0.05, 0) is 38.8 Å². The molecule has 3 amide bonds. The molecule has 2 aromatic rings. The minimum Gasteiger partial charge on any atom is -0.325 e. The molecule has 7 heteroatoms. The van der Waals surface area contributed by atoms with Gasteiger partial charge in [0.25, 0.3) is 5.91 Å². The fraction of sp³-hybridized carbons (Fsp3) is 0.444. The SMILES string of the molecule is CCCN1C(=O)NC(Cc2nc(C)nn2-c2ccc(C)cc2C)C1=O. The van der Waals surface area contributed by atoms with Crippen LogP contribution < -0.4 is 5.32 Å². The second kappa shape index (κ2) is 6.66. The molecule has 1 N–H and O–H groups in total. The van der Waals surface area contributed by atoms with Gasteiger partial charge >= 0.3 is 6.03 Å². The average Bonchev–Trinajstić information content (AvgIpc) is 3.02. The van der Waals surface area contributed by atoms with Crippen molar-refractivity contribution >= 4 is 11.9 Å². The summed E-state index contributed by atoms with van der Waals surface area (Å²) in [4.78, 5) is 30.2. The van der Waals surface area contributed by atoms with Crippen molar-refractivity contribution in [3.8, 4) is 5.69 Å². The van der Waals surface area contributed by atoms with Gasteiger partial charge in [0.15, 0.2) is 0 Å². The van der Waals surface area contributed by atoms with Crippen LogP contribution in [0.1, 0.15) is 36.1 Å². The van der Waals surface area contributed by atoms with Crippen LogP contribution in [0, 0.1) is 20.8 Å². The molecule has 1 unspecified atom stereocenters. The lowest BCUT2D eigenvalue weighted by molar-refractivity contribution is -0.127. The van der Waals surface area contributed by atoms with Gasteiger partial charge in [-0.25, -0.2) is 14.5 Å². The summed E-state index contributed by atoms with van der Waals surface area (Å²) in [5, 5.41) is 7.24. The Morgan fingerprint density at radius 3 is 2.64 bits per heavy atom. The number of carbonyl (C=O) groups is 2. The van der Waals surface area contributed by atoms with E-state index in [1.54, 1.807) is 4.68 Å². The van der Waals surface area contributed by atoms with E-state index in [2.05, 4.69) is 21.5 Å². The summed E-state index contributed by atoms with van der Waals surface area (Å²) in [5.74, 6) is 1.11. The second-order valence-electron chi connectivity index (χ2n) is 6.47. The summed E-state index contributed by atoms with van der Waals surface area (Å²) in [6, 6.07) is 5.19. The standard InChI is InChI=1S/C18H23N5O2/c1-5-8-22-17(24)14(20-18(22)25)10-16-19-13(4)21-23(16)15-7-6-11(2)9-12(15)3/h6-7,9,14H,5,8,10H2,1-4H3,(H,20,25). The number of nitrogens with one attached hydrogen (secondary N) is 1. The first-order valence-corrected chi connectivity index (χ1v) is 8.52. The Labute approximate surface area is 147 Å². The number of aromatic nitrogens is 3. The van der Waals surface area contributed by atoms with Crippen molar-refractivity contribution in [3.05, 3.63) is 41.0 Å². The Morgan fingerprint density at radius 2 is 1.96 bits per heavy atom. The Balaban J connectivity index is 1.90. The van der Waals surface area contributed by atoms with E-state index in [-0.39, 0.29) is 11.9 Å². The highest BCUT2D eigenvalue weighted by atomic mass is 16.2. The molecule has 1 atom stereocenters. The minimum atomic E-state index is -0.591. The van der Waals surface area contributed by atoms with Gasteiger partial charge in [-0.1, -0.05) is 24.6 Å². The molecule has 1 aromatic carbocycles. The summed E-state index contributed by atoms with van der Waals surface area (Å²) in [5.41, 5.74) is 3.19. The molecule has 1 aliphatic rings. The van der Waals surface area contributed by atoms with Crippen LogP contribution in [0.3, 0.4) is 0 Å². The molecule has 1 fully saturated rings. The van der Waals surface area contributed by atoms with Gasteiger partial charge in [0.2, 0.25) is 0 Å². The summed E-state index contributed by atoms with van der Waals surface area (Å²) in [7, 11) is 0. The van der Waals surface area contributed by atoms with Gasteiger partial charge in [0.1, 0.15) is 17.7 Å². The molecule has 0 bridgehead atoms. The predicted octanol–water partition coefficient (Wildman–Crippen LogP) is 2.07. The lowest BCUT2D eigenvalue weighted by atomic mass is 10.1. The van der Waals surface area contributed by atoms with Crippen molar-refractivity contribution in [2.45, 2.75) is 46.6 Å². The van der Waals surface area contributed by atoms with Crippen molar-refractivity contribution in [2.24, 2.45) is 0 Å². The third kappa shape index (κ3) is 3.26. The highest BCUT2D eigenvalue weighted by Gasteiger charge is 2.38. The van der Waals surface area contributed by atoms with E-state index in [0.29, 0.717) is 24.6 Å². The zero-order chi connectivity index (χ0) is 18.1. The van der Waals surface area contributed by atoms with Crippen LogP contribution in [0.2, 0.25) is 0 Å². The minimum absolute atomic E-state index is 0.195. The van der Waals surface area contributed by atoms with Gasteiger partial charge < -0.3 is 5.32 Å². The highest BCUT2D eigenvalue weighted by Crippen LogP contribution is 2.19. The molecule has 1 aromatic heterocycles. The van der Waals surface area contributed by atoms with Crippen molar-refractivity contribution < 1.29 is 9.59 Å². The monoisotopic (exact) mass is 341 g/mol.